The summed E-state index contributed by atoms with van der Waals surface area (Å²) >= 11 is 0. The Morgan fingerprint density at radius 1 is 1.25 bits per heavy atom. The molecular weight excluding hydrogens is 278 g/mol. The number of nitrogens with one attached hydrogen (secondary N) is 1. The van der Waals surface area contributed by atoms with E-state index in [1.807, 2.05) is 0 Å². The Hall–Kier alpha value is -1.40. The quantitative estimate of drug-likeness (QED) is 0.892. The number of carboxylic acids is 1. The van der Waals surface area contributed by atoms with Crippen LogP contribution in [0.25, 0.3) is 0 Å². The maximum atomic E-state index is 12.4. The molecule has 1 saturated carbocycles. The van der Waals surface area contributed by atoms with Crippen molar-refractivity contribution in [2.45, 2.75) is 50.5 Å². The standard InChI is InChI=1S/C14H19NO4S/c1-9-7-11(14(16)17)8-13(10(9)2)20(18,19)15-12-5-3-4-6-12/h7-8,12,15H,3-6H2,1-2H3,(H,16,17). The van der Waals surface area contributed by atoms with Gasteiger partial charge in [-0.05, 0) is 49.9 Å². The number of hydrogen-bond donors (Lipinski definition) is 2. The van der Waals surface area contributed by atoms with Gasteiger partial charge in [-0.1, -0.05) is 12.8 Å². The SMILES string of the molecule is Cc1cc(C(=O)O)cc(S(=O)(=O)NC2CCCC2)c1C. The van der Waals surface area contributed by atoms with Gasteiger partial charge >= 0.3 is 5.97 Å². The largest absolute Gasteiger partial charge is 0.478 e. The molecule has 1 aliphatic carbocycles. The number of sulfonamides is 1. The Balaban J connectivity index is 2.41. The first kappa shape index (κ1) is 15.0. The molecule has 1 aromatic rings. The minimum atomic E-state index is -3.67. The highest BCUT2D eigenvalue weighted by atomic mass is 32.2. The van der Waals surface area contributed by atoms with Crippen molar-refractivity contribution < 1.29 is 18.3 Å². The summed E-state index contributed by atoms with van der Waals surface area (Å²) in [5, 5.41) is 9.06. The highest BCUT2D eigenvalue weighted by Gasteiger charge is 2.25. The molecule has 0 radical (unpaired) electrons. The molecule has 110 valence electrons. The van der Waals surface area contributed by atoms with Gasteiger partial charge in [0.15, 0.2) is 0 Å². The average molecular weight is 297 g/mol. The fraction of sp³-hybridized carbons (Fsp3) is 0.500. The van der Waals surface area contributed by atoms with E-state index in [0.29, 0.717) is 11.1 Å². The Bertz CT molecular complexity index is 631. The van der Waals surface area contributed by atoms with Crippen molar-refractivity contribution in [3.05, 3.63) is 28.8 Å². The second-order valence-corrected chi connectivity index (χ2v) is 7.01. The van der Waals surface area contributed by atoms with Crippen LogP contribution in [0, 0.1) is 13.8 Å². The number of rotatable bonds is 4. The lowest BCUT2D eigenvalue weighted by Gasteiger charge is -2.16. The van der Waals surface area contributed by atoms with Gasteiger partial charge in [0.25, 0.3) is 0 Å². The summed E-state index contributed by atoms with van der Waals surface area (Å²) in [6, 6.07) is 2.70. The molecule has 0 unspecified atom stereocenters. The minimum absolute atomic E-state index is 0.0000954. The number of benzene rings is 1. The summed E-state index contributed by atoms with van der Waals surface area (Å²) in [6.07, 6.45) is 3.74. The molecule has 5 nitrogen and oxygen atoms in total. The molecule has 0 saturated heterocycles. The van der Waals surface area contributed by atoms with Gasteiger partial charge in [-0.15, -0.1) is 0 Å². The molecule has 2 rings (SSSR count). The topological polar surface area (TPSA) is 83.5 Å². The average Bonchev–Trinajstić information content (AvgIpc) is 2.83. The summed E-state index contributed by atoms with van der Waals surface area (Å²) < 4.78 is 27.5. The molecular formula is C14H19NO4S. The van der Waals surface area contributed by atoms with E-state index < -0.39 is 16.0 Å². The zero-order chi connectivity index (χ0) is 14.9. The van der Waals surface area contributed by atoms with Crippen molar-refractivity contribution in [2.75, 3.05) is 0 Å². The summed E-state index contributed by atoms with van der Waals surface area (Å²) in [5.74, 6) is -1.12. The first-order valence-electron chi connectivity index (χ1n) is 6.68. The van der Waals surface area contributed by atoms with Crippen molar-refractivity contribution in [2.24, 2.45) is 0 Å². The maximum Gasteiger partial charge on any atom is 0.335 e. The van der Waals surface area contributed by atoms with Gasteiger partial charge in [-0.3, -0.25) is 0 Å². The van der Waals surface area contributed by atoms with Crippen molar-refractivity contribution in [3.63, 3.8) is 0 Å². The zero-order valence-electron chi connectivity index (χ0n) is 11.6. The Morgan fingerprint density at radius 3 is 2.40 bits per heavy atom. The Labute approximate surface area is 119 Å². The minimum Gasteiger partial charge on any atom is -0.478 e. The molecule has 1 aliphatic rings. The van der Waals surface area contributed by atoms with Crippen LogP contribution in [0.4, 0.5) is 0 Å². The third-order valence-corrected chi connectivity index (χ3v) is 5.48. The number of aromatic carboxylic acids is 1. The highest BCUT2D eigenvalue weighted by Crippen LogP contribution is 2.24. The monoisotopic (exact) mass is 297 g/mol. The van der Waals surface area contributed by atoms with Crippen molar-refractivity contribution in [3.8, 4) is 0 Å². The predicted molar refractivity (Wildman–Crippen MR) is 75.5 cm³/mol. The van der Waals surface area contributed by atoms with Gasteiger partial charge in [0.2, 0.25) is 10.0 Å². The van der Waals surface area contributed by atoms with Crippen LogP contribution in [0.5, 0.6) is 0 Å². The molecule has 0 amide bonds. The summed E-state index contributed by atoms with van der Waals surface area (Å²) in [7, 11) is -3.67. The molecule has 0 bridgehead atoms. The Morgan fingerprint density at radius 2 is 1.85 bits per heavy atom. The van der Waals surface area contributed by atoms with Crippen LogP contribution < -0.4 is 4.72 Å². The smallest absolute Gasteiger partial charge is 0.335 e. The van der Waals surface area contributed by atoms with Crippen LogP contribution >= 0.6 is 0 Å². The van der Waals surface area contributed by atoms with E-state index in [1.54, 1.807) is 13.8 Å². The van der Waals surface area contributed by atoms with Crippen LogP contribution in [-0.4, -0.2) is 25.5 Å². The third kappa shape index (κ3) is 3.02. The van der Waals surface area contributed by atoms with Gasteiger partial charge in [0.05, 0.1) is 10.5 Å². The molecule has 0 atom stereocenters. The van der Waals surface area contributed by atoms with Crippen LogP contribution in [0.3, 0.4) is 0 Å². The number of carbonyl (C=O) groups is 1. The second kappa shape index (κ2) is 5.54. The molecule has 2 N–H and O–H groups in total. The molecule has 0 aliphatic heterocycles. The van der Waals surface area contributed by atoms with Crippen molar-refractivity contribution in [1.82, 2.24) is 4.72 Å². The molecule has 6 heteroatoms. The number of hydrogen-bond acceptors (Lipinski definition) is 3. The predicted octanol–water partition coefficient (Wildman–Crippen LogP) is 2.22. The van der Waals surface area contributed by atoms with Gasteiger partial charge < -0.3 is 5.11 Å². The fourth-order valence-corrected chi connectivity index (χ4v) is 4.20. The number of carboxylic acid groups (broad SMARTS) is 1. The lowest BCUT2D eigenvalue weighted by molar-refractivity contribution is 0.0696. The Kier molecular flexibility index (Phi) is 4.15. The molecule has 1 fully saturated rings. The van der Waals surface area contributed by atoms with E-state index >= 15 is 0 Å². The maximum absolute atomic E-state index is 12.4. The molecule has 1 aromatic carbocycles. The van der Waals surface area contributed by atoms with Crippen molar-refractivity contribution >= 4 is 16.0 Å². The van der Waals surface area contributed by atoms with E-state index in [9.17, 15) is 13.2 Å². The second-order valence-electron chi connectivity index (χ2n) is 5.32. The van der Waals surface area contributed by atoms with Crippen LogP contribution in [-0.2, 0) is 10.0 Å². The molecule has 20 heavy (non-hydrogen) atoms. The van der Waals surface area contributed by atoms with E-state index in [0.717, 1.165) is 25.7 Å². The lowest BCUT2D eigenvalue weighted by atomic mass is 10.1. The first-order valence-corrected chi connectivity index (χ1v) is 8.16. The zero-order valence-corrected chi connectivity index (χ0v) is 12.5. The van der Waals surface area contributed by atoms with Crippen LogP contribution in [0.1, 0.15) is 47.2 Å². The van der Waals surface area contributed by atoms with Gasteiger partial charge in [0.1, 0.15) is 0 Å². The first-order chi connectivity index (χ1) is 9.31. The summed E-state index contributed by atoms with van der Waals surface area (Å²) in [4.78, 5) is 11.1. The van der Waals surface area contributed by atoms with Gasteiger partial charge in [-0.2, -0.15) is 0 Å². The van der Waals surface area contributed by atoms with Gasteiger partial charge in [0, 0.05) is 6.04 Å². The molecule has 0 aromatic heterocycles. The van der Waals surface area contributed by atoms with E-state index in [2.05, 4.69) is 4.72 Å². The van der Waals surface area contributed by atoms with E-state index in [4.69, 9.17) is 5.11 Å². The lowest BCUT2D eigenvalue weighted by Crippen LogP contribution is -2.33. The van der Waals surface area contributed by atoms with E-state index in [-0.39, 0.29) is 16.5 Å². The van der Waals surface area contributed by atoms with Gasteiger partial charge in [-0.25, -0.2) is 17.9 Å². The van der Waals surface area contributed by atoms with Crippen LogP contribution in [0.15, 0.2) is 17.0 Å². The summed E-state index contributed by atoms with van der Waals surface area (Å²) in [6.45, 7) is 3.42. The van der Waals surface area contributed by atoms with Crippen LogP contribution in [0.2, 0.25) is 0 Å². The van der Waals surface area contributed by atoms with Crippen molar-refractivity contribution in [1.29, 1.82) is 0 Å². The normalized spacial score (nSPS) is 16.5. The number of aryl methyl sites for hydroxylation is 1. The third-order valence-electron chi connectivity index (χ3n) is 3.83. The summed E-state index contributed by atoms with van der Waals surface area (Å²) in [5.41, 5.74) is 1.26. The molecule has 0 heterocycles. The van der Waals surface area contributed by atoms with E-state index in [1.165, 1.54) is 12.1 Å². The fourth-order valence-electron chi connectivity index (χ4n) is 2.56. The highest BCUT2D eigenvalue weighted by molar-refractivity contribution is 7.89. The molecule has 0 spiro atoms.